The fraction of sp³-hybridized carbons (Fsp3) is 0.440. The van der Waals surface area contributed by atoms with Gasteiger partial charge in [-0.3, -0.25) is 9.69 Å². The molecule has 5 nitrogen and oxygen atoms in total. The Kier molecular flexibility index (Phi) is 6.86. The van der Waals surface area contributed by atoms with Gasteiger partial charge < -0.3 is 9.80 Å². The van der Waals surface area contributed by atoms with Gasteiger partial charge >= 0.3 is 6.03 Å². The molecule has 2 aliphatic heterocycles. The van der Waals surface area contributed by atoms with Crippen molar-refractivity contribution in [3.8, 4) is 0 Å². The van der Waals surface area contributed by atoms with Crippen molar-refractivity contribution in [2.24, 2.45) is 0 Å². The van der Waals surface area contributed by atoms with Gasteiger partial charge in [-0.05, 0) is 35.6 Å². The standard InChI is InChI=1S/C25H31N3O2S/c1-19(2)20-8-10-22(11-9-20)28-15-14-27(25(28)30)18-24(29)26-13-12-23(31-17-16-26)21-6-4-3-5-7-21/h3-11,19,23H,12-18H2,1-2H3. The van der Waals surface area contributed by atoms with Gasteiger partial charge in [-0.1, -0.05) is 56.3 Å². The first-order valence-corrected chi connectivity index (χ1v) is 12.2. The van der Waals surface area contributed by atoms with E-state index in [0.29, 0.717) is 24.3 Å². The zero-order valence-corrected chi connectivity index (χ0v) is 19.2. The molecule has 0 saturated carbocycles. The zero-order chi connectivity index (χ0) is 21.8. The molecule has 164 valence electrons. The number of hydrogen-bond acceptors (Lipinski definition) is 3. The lowest BCUT2D eigenvalue weighted by Crippen LogP contribution is -2.43. The van der Waals surface area contributed by atoms with Crippen LogP contribution < -0.4 is 4.90 Å². The van der Waals surface area contributed by atoms with E-state index in [1.165, 1.54) is 11.1 Å². The number of benzene rings is 2. The second-order valence-corrected chi connectivity index (χ2v) is 9.85. The average Bonchev–Trinajstić information content (AvgIpc) is 2.99. The fourth-order valence-electron chi connectivity index (χ4n) is 4.22. The maximum Gasteiger partial charge on any atom is 0.325 e. The molecule has 31 heavy (non-hydrogen) atoms. The first-order chi connectivity index (χ1) is 15.0. The number of urea groups is 1. The summed E-state index contributed by atoms with van der Waals surface area (Å²) in [5.41, 5.74) is 3.49. The molecule has 0 aliphatic carbocycles. The molecule has 6 heteroatoms. The number of anilines is 1. The van der Waals surface area contributed by atoms with Gasteiger partial charge in [0.1, 0.15) is 6.54 Å². The van der Waals surface area contributed by atoms with Crippen molar-refractivity contribution in [3.05, 3.63) is 65.7 Å². The minimum absolute atomic E-state index is 0.0552. The smallest absolute Gasteiger partial charge is 0.325 e. The van der Waals surface area contributed by atoms with Gasteiger partial charge in [0.05, 0.1) is 0 Å². The minimum Gasteiger partial charge on any atom is -0.340 e. The van der Waals surface area contributed by atoms with Gasteiger partial charge in [0.15, 0.2) is 0 Å². The van der Waals surface area contributed by atoms with Crippen LogP contribution in [0.15, 0.2) is 54.6 Å². The number of thioether (sulfide) groups is 1. The number of carbonyl (C=O) groups is 2. The molecule has 1 atom stereocenters. The Hall–Kier alpha value is -2.47. The van der Waals surface area contributed by atoms with Crippen LogP contribution in [-0.4, -0.2) is 60.2 Å². The third kappa shape index (κ3) is 5.06. The topological polar surface area (TPSA) is 43.9 Å². The van der Waals surface area contributed by atoms with Gasteiger partial charge in [-0.15, -0.1) is 0 Å². The van der Waals surface area contributed by atoms with Gasteiger partial charge in [0, 0.05) is 42.9 Å². The van der Waals surface area contributed by atoms with E-state index in [2.05, 4.69) is 50.2 Å². The summed E-state index contributed by atoms with van der Waals surface area (Å²) in [5, 5.41) is 0.428. The first kappa shape index (κ1) is 21.8. The monoisotopic (exact) mass is 437 g/mol. The van der Waals surface area contributed by atoms with Crippen molar-refractivity contribution in [1.29, 1.82) is 0 Å². The molecule has 0 aromatic heterocycles. The highest BCUT2D eigenvalue weighted by molar-refractivity contribution is 7.99. The van der Waals surface area contributed by atoms with Gasteiger partial charge in [-0.25, -0.2) is 4.79 Å². The molecular formula is C25H31N3O2S. The molecule has 2 aromatic rings. The van der Waals surface area contributed by atoms with Crippen LogP contribution in [0.4, 0.5) is 10.5 Å². The predicted molar refractivity (Wildman–Crippen MR) is 128 cm³/mol. The van der Waals surface area contributed by atoms with Crippen molar-refractivity contribution in [2.75, 3.05) is 43.4 Å². The molecule has 2 aromatic carbocycles. The summed E-state index contributed by atoms with van der Waals surface area (Å²) in [6, 6.07) is 18.6. The predicted octanol–water partition coefficient (Wildman–Crippen LogP) is 4.76. The summed E-state index contributed by atoms with van der Waals surface area (Å²) in [6.45, 7) is 7.19. The quantitative estimate of drug-likeness (QED) is 0.677. The number of hydrogen-bond donors (Lipinski definition) is 0. The lowest BCUT2D eigenvalue weighted by atomic mass is 10.0. The maximum absolute atomic E-state index is 13.0. The zero-order valence-electron chi connectivity index (χ0n) is 18.4. The van der Waals surface area contributed by atoms with Crippen LogP contribution in [0.3, 0.4) is 0 Å². The Morgan fingerprint density at radius 2 is 1.74 bits per heavy atom. The molecule has 2 heterocycles. The number of rotatable bonds is 5. The summed E-state index contributed by atoms with van der Waals surface area (Å²) in [4.78, 5) is 31.3. The van der Waals surface area contributed by atoms with Gasteiger partial charge in [-0.2, -0.15) is 11.8 Å². The number of amides is 3. The highest BCUT2D eigenvalue weighted by Crippen LogP contribution is 2.34. The molecular weight excluding hydrogens is 406 g/mol. The van der Waals surface area contributed by atoms with Crippen molar-refractivity contribution in [1.82, 2.24) is 9.80 Å². The Labute approximate surface area is 189 Å². The van der Waals surface area contributed by atoms with Crippen LogP contribution >= 0.6 is 11.8 Å². The van der Waals surface area contributed by atoms with Gasteiger partial charge in [0.25, 0.3) is 0 Å². The van der Waals surface area contributed by atoms with Crippen LogP contribution in [0.5, 0.6) is 0 Å². The van der Waals surface area contributed by atoms with Crippen molar-refractivity contribution in [2.45, 2.75) is 31.4 Å². The van der Waals surface area contributed by atoms with E-state index in [1.807, 2.05) is 34.9 Å². The number of carbonyl (C=O) groups excluding carboxylic acids is 2. The summed E-state index contributed by atoms with van der Waals surface area (Å²) < 4.78 is 0. The van der Waals surface area contributed by atoms with E-state index in [1.54, 1.807) is 9.80 Å². The van der Waals surface area contributed by atoms with E-state index < -0.39 is 0 Å². The van der Waals surface area contributed by atoms with E-state index in [9.17, 15) is 9.59 Å². The van der Waals surface area contributed by atoms with Crippen molar-refractivity contribution < 1.29 is 9.59 Å². The highest BCUT2D eigenvalue weighted by atomic mass is 32.2. The Morgan fingerprint density at radius 1 is 1.00 bits per heavy atom. The summed E-state index contributed by atoms with van der Waals surface area (Å²) in [5.74, 6) is 1.44. The van der Waals surface area contributed by atoms with E-state index in [0.717, 1.165) is 31.0 Å². The molecule has 0 N–H and O–H groups in total. The SMILES string of the molecule is CC(C)c1ccc(N2CCN(CC(=O)N3CCSC(c4ccccc4)CC3)C2=O)cc1. The summed E-state index contributed by atoms with van der Waals surface area (Å²) in [7, 11) is 0. The van der Waals surface area contributed by atoms with Crippen molar-refractivity contribution >= 4 is 29.4 Å². The van der Waals surface area contributed by atoms with Crippen LogP contribution in [0.1, 0.15) is 42.6 Å². The first-order valence-electron chi connectivity index (χ1n) is 11.1. The lowest BCUT2D eigenvalue weighted by Gasteiger charge is -2.24. The fourth-order valence-corrected chi connectivity index (χ4v) is 5.46. The Balaban J connectivity index is 1.33. The molecule has 2 saturated heterocycles. The Morgan fingerprint density at radius 3 is 2.45 bits per heavy atom. The summed E-state index contributed by atoms with van der Waals surface area (Å²) in [6.07, 6.45) is 0.947. The van der Waals surface area contributed by atoms with Gasteiger partial charge in [0.2, 0.25) is 5.91 Å². The third-order valence-electron chi connectivity index (χ3n) is 6.16. The molecule has 0 spiro atoms. The second kappa shape index (κ2) is 9.77. The Bertz CT molecular complexity index is 901. The van der Waals surface area contributed by atoms with E-state index in [4.69, 9.17) is 0 Å². The molecule has 1 unspecified atom stereocenters. The molecule has 0 radical (unpaired) electrons. The lowest BCUT2D eigenvalue weighted by molar-refractivity contribution is -0.131. The largest absolute Gasteiger partial charge is 0.340 e. The second-order valence-electron chi connectivity index (χ2n) is 8.54. The van der Waals surface area contributed by atoms with Crippen LogP contribution in [0.25, 0.3) is 0 Å². The molecule has 0 bridgehead atoms. The maximum atomic E-state index is 13.0. The molecule has 4 rings (SSSR count). The van der Waals surface area contributed by atoms with E-state index in [-0.39, 0.29) is 18.5 Å². The third-order valence-corrected chi connectivity index (χ3v) is 7.49. The highest BCUT2D eigenvalue weighted by Gasteiger charge is 2.32. The van der Waals surface area contributed by atoms with Crippen LogP contribution in [0.2, 0.25) is 0 Å². The average molecular weight is 438 g/mol. The number of nitrogens with zero attached hydrogens (tertiary/aromatic N) is 3. The normalized spacial score (nSPS) is 19.8. The summed E-state index contributed by atoms with van der Waals surface area (Å²) >= 11 is 1.92. The van der Waals surface area contributed by atoms with Crippen LogP contribution in [-0.2, 0) is 4.79 Å². The molecule has 2 aliphatic rings. The van der Waals surface area contributed by atoms with Crippen LogP contribution in [0, 0.1) is 0 Å². The molecule has 2 fully saturated rings. The van der Waals surface area contributed by atoms with Crippen molar-refractivity contribution in [3.63, 3.8) is 0 Å². The molecule has 3 amide bonds. The minimum atomic E-state index is -0.0722. The van der Waals surface area contributed by atoms with E-state index >= 15 is 0 Å².